The Labute approximate surface area is 150 Å². The summed E-state index contributed by atoms with van der Waals surface area (Å²) in [6.45, 7) is 8.04. The lowest BCUT2D eigenvalue weighted by molar-refractivity contribution is 0.432. The molecule has 132 valence electrons. The van der Waals surface area contributed by atoms with Gasteiger partial charge in [0, 0.05) is 17.2 Å². The predicted molar refractivity (Wildman–Crippen MR) is 101 cm³/mol. The van der Waals surface area contributed by atoms with Crippen molar-refractivity contribution >= 4 is 11.0 Å². The number of imidazole rings is 1. The summed E-state index contributed by atoms with van der Waals surface area (Å²) in [6, 6.07) is 11.9. The first kappa shape index (κ1) is 16.3. The Kier molecular flexibility index (Phi) is 3.76. The van der Waals surface area contributed by atoms with Gasteiger partial charge in [-0.2, -0.15) is 4.98 Å². The van der Waals surface area contributed by atoms with E-state index in [-0.39, 0.29) is 11.7 Å². The smallest absolute Gasteiger partial charge is 0.326 e. The molecule has 1 N–H and O–H groups in total. The van der Waals surface area contributed by atoms with Crippen LogP contribution in [0.4, 0.5) is 0 Å². The molecule has 0 spiro atoms. The fourth-order valence-electron chi connectivity index (χ4n) is 3.29. The molecule has 0 atom stereocenters. The summed E-state index contributed by atoms with van der Waals surface area (Å²) in [7, 11) is 0. The van der Waals surface area contributed by atoms with Crippen LogP contribution < -0.4 is 5.69 Å². The molecule has 0 saturated carbocycles. The monoisotopic (exact) mass is 348 g/mol. The number of hydrogen-bond acceptors (Lipinski definition) is 4. The van der Waals surface area contributed by atoms with Crippen molar-refractivity contribution in [2.75, 3.05) is 0 Å². The molecule has 0 aliphatic carbocycles. The molecule has 6 heteroatoms. The highest BCUT2D eigenvalue weighted by atomic mass is 16.5. The van der Waals surface area contributed by atoms with Crippen LogP contribution in [0.15, 0.2) is 45.7 Å². The molecule has 2 aromatic heterocycles. The van der Waals surface area contributed by atoms with E-state index in [4.69, 9.17) is 4.52 Å². The first-order chi connectivity index (χ1) is 12.4. The second kappa shape index (κ2) is 5.98. The largest absolute Gasteiger partial charge is 0.334 e. The van der Waals surface area contributed by atoms with Crippen LogP contribution in [0.5, 0.6) is 0 Å². The van der Waals surface area contributed by atoms with Crippen LogP contribution >= 0.6 is 0 Å². The van der Waals surface area contributed by atoms with Crippen LogP contribution in [0.2, 0.25) is 0 Å². The van der Waals surface area contributed by atoms with Crippen molar-refractivity contribution < 1.29 is 4.52 Å². The summed E-state index contributed by atoms with van der Waals surface area (Å²) < 4.78 is 7.20. The van der Waals surface area contributed by atoms with Crippen LogP contribution in [-0.2, 0) is 0 Å². The van der Waals surface area contributed by atoms with Gasteiger partial charge >= 0.3 is 5.69 Å². The SMILES string of the molecule is Cc1ccc(-c2nc(-c3ccc4c(c3)[nH]c(=O)n4C(C)C)no2)c(C)c1. The van der Waals surface area contributed by atoms with E-state index in [2.05, 4.69) is 28.1 Å². The minimum absolute atomic E-state index is 0.0865. The molecule has 6 nitrogen and oxygen atoms in total. The van der Waals surface area contributed by atoms with Gasteiger partial charge in [0.1, 0.15) is 0 Å². The highest BCUT2D eigenvalue weighted by Gasteiger charge is 2.15. The van der Waals surface area contributed by atoms with Crippen LogP contribution in [0.25, 0.3) is 33.9 Å². The van der Waals surface area contributed by atoms with Crippen LogP contribution in [0.1, 0.15) is 31.0 Å². The maximum atomic E-state index is 12.1. The number of aromatic amines is 1. The molecule has 0 unspecified atom stereocenters. The Morgan fingerprint density at radius 3 is 2.65 bits per heavy atom. The number of aryl methyl sites for hydroxylation is 2. The molecular weight excluding hydrogens is 328 g/mol. The Balaban J connectivity index is 1.77. The number of aromatic nitrogens is 4. The van der Waals surface area contributed by atoms with E-state index in [0.717, 1.165) is 27.7 Å². The molecule has 0 amide bonds. The van der Waals surface area contributed by atoms with E-state index < -0.39 is 0 Å². The summed E-state index contributed by atoms with van der Waals surface area (Å²) in [5.41, 5.74) is 5.52. The summed E-state index contributed by atoms with van der Waals surface area (Å²) in [5.74, 6) is 0.992. The molecular formula is C20H20N4O2. The van der Waals surface area contributed by atoms with Crippen molar-refractivity contribution in [1.82, 2.24) is 19.7 Å². The third kappa shape index (κ3) is 2.63. The number of nitrogens with zero attached hydrogens (tertiary/aromatic N) is 3. The number of H-pyrrole nitrogens is 1. The Morgan fingerprint density at radius 1 is 1.12 bits per heavy atom. The van der Waals surface area contributed by atoms with Gasteiger partial charge in [-0.3, -0.25) is 4.57 Å². The van der Waals surface area contributed by atoms with Crippen molar-refractivity contribution in [3.63, 3.8) is 0 Å². The molecule has 0 aliphatic heterocycles. The zero-order valence-electron chi connectivity index (χ0n) is 15.2. The molecule has 0 bridgehead atoms. The van der Waals surface area contributed by atoms with Gasteiger partial charge in [-0.15, -0.1) is 0 Å². The van der Waals surface area contributed by atoms with E-state index >= 15 is 0 Å². The minimum Gasteiger partial charge on any atom is -0.334 e. The van der Waals surface area contributed by atoms with Crippen molar-refractivity contribution in [3.05, 3.63) is 58.0 Å². The molecule has 4 rings (SSSR count). The second-order valence-electron chi connectivity index (χ2n) is 6.87. The fraction of sp³-hybridized carbons (Fsp3) is 0.250. The number of benzene rings is 2. The first-order valence-electron chi connectivity index (χ1n) is 8.60. The third-order valence-corrected chi connectivity index (χ3v) is 4.53. The Bertz CT molecular complexity index is 1160. The number of hydrogen-bond donors (Lipinski definition) is 1. The van der Waals surface area contributed by atoms with E-state index in [1.807, 2.05) is 51.1 Å². The van der Waals surface area contributed by atoms with Crippen LogP contribution in [-0.4, -0.2) is 19.7 Å². The van der Waals surface area contributed by atoms with Gasteiger partial charge < -0.3 is 9.51 Å². The van der Waals surface area contributed by atoms with Crippen molar-refractivity contribution in [2.24, 2.45) is 0 Å². The van der Waals surface area contributed by atoms with Gasteiger partial charge in [0.05, 0.1) is 11.0 Å². The lowest BCUT2D eigenvalue weighted by Gasteiger charge is -2.06. The van der Waals surface area contributed by atoms with Crippen molar-refractivity contribution in [1.29, 1.82) is 0 Å². The summed E-state index contributed by atoms with van der Waals surface area (Å²) >= 11 is 0. The van der Waals surface area contributed by atoms with E-state index in [9.17, 15) is 4.79 Å². The molecule has 2 aromatic carbocycles. The van der Waals surface area contributed by atoms with Crippen LogP contribution in [0, 0.1) is 13.8 Å². The molecule has 4 aromatic rings. The lowest BCUT2D eigenvalue weighted by atomic mass is 10.1. The standard InChI is InChI=1S/C20H20N4O2/c1-11(2)24-17-8-6-14(10-16(17)21-20(24)25)18-22-19(26-23-18)15-7-5-12(3)9-13(15)4/h5-11H,1-4H3,(H,21,25). The van der Waals surface area contributed by atoms with Gasteiger partial charge in [0.25, 0.3) is 5.89 Å². The molecule has 0 radical (unpaired) electrons. The highest BCUT2D eigenvalue weighted by Crippen LogP contribution is 2.27. The predicted octanol–water partition coefficient (Wildman–Crippen LogP) is 4.24. The molecule has 0 saturated heterocycles. The quantitative estimate of drug-likeness (QED) is 0.600. The Hall–Kier alpha value is -3.15. The fourth-order valence-corrected chi connectivity index (χ4v) is 3.29. The summed E-state index contributed by atoms with van der Waals surface area (Å²) in [5, 5.41) is 4.11. The molecule has 2 heterocycles. The van der Waals surface area contributed by atoms with E-state index in [1.165, 1.54) is 5.56 Å². The van der Waals surface area contributed by atoms with Gasteiger partial charge in [0.15, 0.2) is 0 Å². The zero-order valence-corrected chi connectivity index (χ0v) is 15.2. The average Bonchev–Trinajstić information content (AvgIpc) is 3.17. The number of nitrogens with one attached hydrogen (secondary N) is 1. The number of rotatable bonds is 3. The third-order valence-electron chi connectivity index (χ3n) is 4.53. The zero-order chi connectivity index (χ0) is 18.4. The Morgan fingerprint density at radius 2 is 1.92 bits per heavy atom. The highest BCUT2D eigenvalue weighted by molar-refractivity contribution is 5.81. The summed E-state index contributed by atoms with van der Waals surface area (Å²) in [4.78, 5) is 19.6. The maximum Gasteiger partial charge on any atom is 0.326 e. The topological polar surface area (TPSA) is 76.7 Å². The van der Waals surface area contributed by atoms with Crippen LogP contribution in [0.3, 0.4) is 0 Å². The van der Waals surface area contributed by atoms with Gasteiger partial charge in [-0.1, -0.05) is 22.9 Å². The van der Waals surface area contributed by atoms with Gasteiger partial charge in [0.2, 0.25) is 5.82 Å². The maximum absolute atomic E-state index is 12.1. The van der Waals surface area contributed by atoms with Gasteiger partial charge in [-0.05, 0) is 57.5 Å². The summed E-state index contributed by atoms with van der Waals surface area (Å²) in [6.07, 6.45) is 0. The average molecular weight is 348 g/mol. The van der Waals surface area contributed by atoms with E-state index in [1.54, 1.807) is 4.57 Å². The molecule has 0 fully saturated rings. The molecule has 0 aliphatic rings. The van der Waals surface area contributed by atoms with E-state index in [0.29, 0.717) is 11.7 Å². The number of fused-ring (bicyclic) bond motifs is 1. The van der Waals surface area contributed by atoms with Crippen molar-refractivity contribution in [2.45, 2.75) is 33.7 Å². The van der Waals surface area contributed by atoms with Crippen molar-refractivity contribution in [3.8, 4) is 22.8 Å². The van der Waals surface area contributed by atoms with Gasteiger partial charge in [-0.25, -0.2) is 4.79 Å². The molecule has 26 heavy (non-hydrogen) atoms. The second-order valence-corrected chi connectivity index (χ2v) is 6.87. The first-order valence-corrected chi connectivity index (χ1v) is 8.60. The normalized spacial score (nSPS) is 11.6. The minimum atomic E-state index is -0.115. The lowest BCUT2D eigenvalue weighted by Crippen LogP contribution is -2.18.